The normalized spacial score (nSPS) is 14.2. The molecule has 3 aromatic carbocycles. The molecule has 0 spiro atoms. The second-order valence-electron chi connectivity index (χ2n) is 7.88. The second kappa shape index (κ2) is 9.36. The van der Waals surface area contributed by atoms with Crippen LogP contribution < -0.4 is 4.90 Å². The smallest absolute Gasteiger partial charge is 0.223 e. The van der Waals surface area contributed by atoms with Crippen molar-refractivity contribution in [1.29, 1.82) is 0 Å². The highest BCUT2D eigenvalue weighted by atomic mass is 35.5. The molecule has 0 aliphatic carbocycles. The van der Waals surface area contributed by atoms with E-state index >= 15 is 0 Å². The molecule has 0 aromatic heterocycles. The molecule has 0 N–H and O–H groups in total. The van der Waals surface area contributed by atoms with Crippen LogP contribution in [0.1, 0.15) is 29.0 Å². The first-order valence-electron chi connectivity index (χ1n) is 10.5. The van der Waals surface area contributed by atoms with Crippen LogP contribution in [-0.4, -0.2) is 37.0 Å². The standard InChI is InChI=1S/C26H27ClN2O/c1-20-12-13-23(27)18-25(20)28-14-16-29(17-15-28)26(30)19-24(21-8-4-2-5-9-21)22-10-6-3-7-11-22/h2-13,18,24H,14-17,19H2,1H3. The first-order valence-corrected chi connectivity index (χ1v) is 10.9. The summed E-state index contributed by atoms with van der Waals surface area (Å²) in [4.78, 5) is 17.5. The predicted octanol–water partition coefficient (Wildman–Crippen LogP) is 5.52. The minimum Gasteiger partial charge on any atom is -0.368 e. The Morgan fingerprint density at radius 2 is 1.43 bits per heavy atom. The SMILES string of the molecule is Cc1ccc(Cl)cc1N1CCN(C(=O)CC(c2ccccc2)c2ccccc2)CC1. The highest BCUT2D eigenvalue weighted by Crippen LogP contribution is 2.29. The first-order chi connectivity index (χ1) is 14.6. The van der Waals surface area contributed by atoms with Crippen LogP contribution in [0.25, 0.3) is 0 Å². The van der Waals surface area contributed by atoms with Crippen LogP contribution in [0, 0.1) is 6.92 Å². The molecule has 0 saturated carbocycles. The van der Waals surface area contributed by atoms with Crippen molar-refractivity contribution in [3.05, 3.63) is 101 Å². The Hall–Kier alpha value is -2.78. The summed E-state index contributed by atoms with van der Waals surface area (Å²) in [5.41, 5.74) is 4.75. The minimum atomic E-state index is 0.0769. The van der Waals surface area contributed by atoms with Gasteiger partial charge in [0, 0.05) is 49.2 Å². The van der Waals surface area contributed by atoms with Crippen LogP contribution in [0.4, 0.5) is 5.69 Å². The molecule has 1 saturated heterocycles. The van der Waals surface area contributed by atoms with Gasteiger partial charge in [-0.3, -0.25) is 4.79 Å². The molecule has 0 unspecified atom stereocenters. The zero-order chi connectivity index (χ0) is 20.9. The Kier molecular flexibility index (Phi) is 6.39. The molecule has 4 rings (SSSR count). The Morgan fingerprint density at radius 1 is 0.867 bits per heavy atom. The molecule has 3 aromatic rings. The van der Waals surface area contributed by atoms with Gasteiger partial charge < -0.3 is 9.80 Å². The van der Waals surface area contributed by atoms with Crippen LogP contribution >= 0.6 is 11.6 Å². The summed E-state index contributed by atoms with van der Waals surface area (Å²) in [6, 6.07) is 26.7. The predicted molar refractivity (Wildman–Crippen MR) is 124 cm³/mol. The third kappa shape index (κ3) is 4.68. The number of carbonyl (C=O) groups excluding carboxylic acids is 1. The number of benzene rings is 3. The van der Waals surface area contributed by atoms with Crippen LogP contribution in [0.2, 0.25) is 5.02 Å². The summed E-state index contributed by atoms with van der Waals surface area (Å²) in [6.45, 7) is 5.23. The molecule has 1 heterocycles. The third-order valence-corrected chi connectivity index (χ3v) is 6.16. The van der Waals surface area contributed by atoms with E-state index in [-0.39, 0.29) is 11.8 Å². The third-order valence-electron chi connectivity index (χ3n) is 5.93. The quantitative estimate of drug-likeness (QED) is 0.544. The fourth-order valence-electron chi connectivity index (χ4n) is 4.22. The monoisotopic (exact) mass is 418 g/mol. The number of halogens is 1. The first kappa shape index (κ1) is 20.5. The van der Waals surface area contributed by atoms with Gasteiger partial charge in [0.15, 0.2) is 0 Å². The van der Waals surface area contributed by atoms with E-state index in [0.717, 1.165) is 31.2 Å². The zero-order valence-corrected chi connectivity index (χ0v) is 18.1. The fourth-order valence-corrected chi connectivity index (χ4v) is 4.39. The van der Waals surface area contributed by atoms with Crippen LogP contribution in [0.3, 0.4) is 0 Å². The molecule has 0 radical (unpaired) electrons. The maximum Gasteiger partial charge on any atom is 0.223 e. The molecule has 1 aliphatic heterocycles. The summed E-state index contributed by atoms with van der Waals surface area (Å²) in [6.07, 6.45) is 0.490. The summed E-state index contributed by atoms with van der Waals surface area (Å²) in [7, 11) is 0. The van der Waals surface area contributed by atoms with Gasteiger partial charge in [-0.1, -0.05) is 78.3 Å². The van der Waals surface area contributed by atoms with E-state index in [1.54, 1.807) is 0 Å². The van der Waals surface area contributed by atoms with Gasteiger partial charge in [0.1, 0.15) is 0 Å². The Bertz CT molecular complexity index is 943. The van der Waals surface area contributed by atoms with Gasteiger partial charge in [-0.2, -0.15) is 0 Å². The Labute approximate surface area is 183 Å². The van der Waals surface area contributed by atoms with Crippen LogP contribution in [0.5, 0.6) is 0 Å². The molecule has 1 fully saturated rings. The van der Waals surface area contributed by atoms with Crippen molar-refractivity contribution in [3.8, 4) is 0 Å². The van der Waals surface area contributed by atoms with E-state index in [2.05, 4.69) is 42.2 Å². The second-order valence-corrected chi connectivity index (χ2v) is 8.31. The number of hydrogen-bond donors (Lipinski definition) is 0. The Balaban J connectivity index is 1.45. The number of nitrogens with zero attached hydrogens (tertiary/aromatic N) is 2. The molecule has 1 aliphatic rings. The lowest BCUT2D eigenvalue weighted by Crippen LogP contribution is -2.49. The lowest BCUT2D eigenvalue weighted by atomic mass is 9.88. The number of piperazine rings is 1. The number of aryl methyl sites for hydroxylation is 1. The van der Waals surface area contributed by atoms with Crippen molar-refractivity contribution in [2.75, 3.05) is 31.1 Å². The molecule has 0 bridgehead atoms. The number of rotatable bonds is 5. The lowest BCUT2D eigenvalue weighted by Gasteiger charge is -2.37. The van der Waals surface area contributed by atoms with Gasteiger partial charge in [0.25, 0.3) is 0 Å². The molecule has 0 atom stereocenters. The van der Waals surface area contributed by atoms with Crippen LogP contribution in [-0.2, 0) is 4.79 Å². The van der Waals surface area contributed by atoms with Gasteiger partial charge in [-0.25, -0.2) is 0 Å². The van der Waals surface area contributed by atoms with Crippen molar-refractivity contribution in [2.45, 2.75) is 19.3 Å². The van der Waals surface area contributed by atoms with E-state index in [1.165, 1.54) is 22.4 Å². The van der Waals surface area contributed by atoms with Crippen molar-refractivity contribution in [2.24, 2.45) is 0 Å². The summed E-state index contributed by atoms with van der Waals surface area (Å²) in [5, 5.41) is 0.752. The van der Waals surface area contributed by atoms with E-state index < -0.39 is 0 Å². The van der Waals surface area contributed by atoms with Crippen molar-refractivity contribution in [3.63, 3.8) is 0 Å². The average Bonchev–Trinajstić information content (AvgIpc) is 2.80. The van der Waals surface area contributed by atoms with E-state index in [1.807, 2.05) is 53.4 Å². The zero-order valence-electron chi connectivity index (χ0n) is 17.3. The number of hydrogen-bond acceptors (Lipinski definition) is 2. The molecular weight excluding hydrogens is 392 g/mol. The minimum absolute atomic E-state index is 0.0769. The van der Waals surface area contributed by atoms with Crippen LogP contribution in [0.15, 0.2) is 78.9 Å². The highest BCUT2D eigenvalue weighted by molar-refractivity contribution is 6.30. The van der Waals surface area contributed by atoms with Crippen molar-refractivity contribution in [1.82, 2.24) is 4.90 Å². The summed E-state index contributed by atoms with van der Waals surface area (Å²) in [5.74, 6) is 0.295. The van der Waals surface area contributed by atoms with Gasteiger partial charge in [0.2, 0.25) is 5.91 Å². The Morgan fingerprint density at radius 3 is 2.00 bits per heavy atom. The molecule has 30 heavy (non-hydrogen) atoms. The topological polar surface area (TPSA) is 23.6 Å². The van der Waals surface area contributed by atoms with Gasteiger partial charge in [-0.15, -0.1) is 0 Å². The van der Waals surface area contributed by atoms with E-state index in [4.69, 9.17) is 11.6 Å². The van der Waals surface area contributed by atoms with Gasteiger partial charge in [-0.05, 0) is 35.7 Å². The lowest BCUT2D eigenvalue weighted by molar-refractivity contribution is -0.131. The summed E-state index contributed by atoms with van der Waals surface area (Å²) < 4.78 is 0. The molecule has 1 amide bonds. The molecule has 3 nitrogen and oxygen atoms in total. The fraction of sp³-hybridized carbons (Fsp3) is 0.269. The van der Waals surface area contributed by atoms with E-state index in [9.17, 15) is 4.79 Å². The number of anilines is 1. The average molecular weight is 419 g/mol. The maximum absolute atomic E-state index is 13.2. The molecular formula is C26H27ClN2O. The van der Waals surface area contributed by atoms with E-state index in [0.29, 0.717) is 6.42 Å². The maximum atomic E-state index is 13.2. The summed E-state index contributed by atoms with van der Waals surface area (Å²) >= 11 is 6.20. The molecule has 154 valence electrons. The largest absolute Gasteiger partial charge is 0.368 e. The van der Waals surface area contributed by atoms with Gasteiger partial charge >= 0.3 is 0 Å². The molecule has 4 heteroatoms. The van der Waals surface area contributed by atoms with Crippen molar-refractivity contribution >= 4 is 23.2 Å². The number of carbonyl (C=O) groups is 1. The van der Waals surface area contributed by atoms with Gasteiger partial charge in [0.05, 0.1) is 0 Å². The number of amides is 1. The van der Waals surface area contributed by atoms with Crippen molar-refractivity contribution < 1.29 is 4.79 Å². The highest BCUT2D eigenvalue weighted by Gasteiger charge is 2.25.